The SMILES string of the molecule is CCCCOc1ccc(S(=O)(=O)N[C@@H](Cc2cnc[nH]2)C(=O)OC)cc1. The number of carbonyl (C=O) groups is 1. The standard InChI is InChI=1S/C17H23N3O5S/c1-3-4-9-25-14-5-7-15(8-6-14)26(22,23)20-16(17(21)24-2)10-13-11-18-12-19-13/h5-8,11-12,16,20H,3-4,9-10H2,1-2H3,(H,18,19)/t16-/m0/s1. The van der Waals surface area contributed by atoms with Crippen molar-refractivity contribution in [2.24, 2.45) is 0 Å². The summed E-state index contributed by atoms with van der Waals surface area (Å²) in [6.45, 7) is 2.64. The molecule has 0 aliphatic carbocycles. The van der Waals surface area contributed by atoms with Gasteiger partial charge in [0.15, 0.2) is 0 Å². The molecule has 0 bridgehead atoms. The van der Waals surface area contributed by atoms with Crippen LogP contribution in [0.2, 0.25) is 0 Å². The number of sulfonamides is 1. The van der Waals surface area contributed by atoms with Crippen LogP contribution < -0.4 is 9.46 Å². The number of methoxy groups -OCH3 is 1. The predicted molar refractivity (Wildman–Crippen MR) is 95.3 cm³/mol. The number of imidazole rings is 1. The van der Waals surface area contributed by atoms with E-state index in [1.165, 1.54) is 31.8 Å². The summed E-state index contributed by atoms with van der Waals surface area (Å²) in [6, 6.07) is 4.99. The minimum Gasteiger partial charge on any atom is -0.494 e. The number of hydrogen-bond donors (Lipinski definition) is 2. The van der Waals surface area contributed by atoms with Gasteiger partial charge < -0.3 is 14.5 Å². The van der Waals surface area contributed by atoms with Gasteiger partial charge in [-0.15, -0.1) is 0 Å². The first kappa shape index (κ1) is 19.9. The number of rotatable bonds is 10. The second-order valence-electron chi connectivity index (χ2n) is 5.65. The monoisotopic (exact) mass is 381 g/mol. The lowest BCUT2D eigenvalue weighted by Gasteiger charge is -2.16. The fraction of sp³-hybridized carbons (Fsp3) is 0.412. The summed E-state index contributed by atoms with van der Waals surface area (Å²) in [5, 5.41) is 0. The third kappa shape index (κ3) is 5.57. The van der Waals surface area contributed by atoms with Crippen LogP contribution in [0.3, 0.4) is 0 Å². The van der Waals surface area contributed by atoms with Crippen molar-refractivity contribution in [1.82, 2.24) is 14.7 Å². The van der Waals surface area contributed by atoms with E-state index in [1.54, 1.807) is 12.1 Å². The molecule has 2 N–H and O–H groups in total. The smallest absolute Gasteiger partial charge is 0.324 e. The summed E-state index contributed by atoms with van der Waals surface area (Å²) in [5.74, 6) is -0.0814. The molecule has 0 radical (unpaired) electrons. The van der Waals surface area contributed by atoms with E-state index >= 15 is 0 Å². The zero-order chi connectivity index (χ0) is 19.0. The van der Waals surface area contributed by atoms with Gasteiger partial charge in [0.25, 0.3) is 0 Å². The molecule has 0 fully saturated rings. The number of unbranched alkanes of at least 4 members (excludes halogenated alkanes) is 1. The van der Waals surface area contributed by atoms with Gasteiger partial charge in [-0.25, -0.2) is 13.4 Å². The minimum atomic E-state index is -3.90. The normalized spacial score (nSPS) is 12.5. The van der Waals surface area contributed by atoms with E-state index in [0.717, 1.165) is 12.8 Å². The molecule has 1 aromatic heterocycles. The summed E-state index contributed by atoms with van der Waals surface area (Å²) < 4.78 is 37.8. The van der Waals surface area contributed by atoms with E-state index in [1.807, 2.05) is 0 Å². The summed E-state index contributed by atoms with van der Waals surface area (Å²) in [5.41, 5.74) is 0.614. The molecule has 26 heavy (non-hydrogen) atoms. The number of esters is 1. The number of benzene rings is 1. The first-order chi connectivity index (χ1) is 12.5. The van der Waals surface area contributed by atoms with Gasteiger partial charge in [0.05, 0.1) is 24.9 Å². The lowest BCUT2D eigenvalue weighted by Crippen LogP contribution is -2.43. The number of aromatic nitrogens is 2. The van der Waals surface area contributed by atoms with E-state index in [2.05, 4.69) is 21.6 Å². The lowest BCUT2D eigenvalue weighted by molar-refractivity contribution is -0.142. The highest BCUT2D eigenvalue weighted by Crippen LogP contribution is 2.17. The summed E-state index contributed by atoms with van der Waals surface area (Å²) in [7, 11) is -2.69. The summed E-state index contributed by atoms with van der Waals surface area (Å²) in [4.78, 5) is 18.7. The maximum atomic E-state index is 12.6. The largest absolute Gasteiger partial charge is 0.494 e. The van der Waals surface area contributed by atoms with Crippen molar-refractivity contribution in [1.29, 1.82) is 0 Å². The van der Waals surface area contributed by atoms with Crippen LogP contribution in [0.15, 0.2) is 41.7 Å². The van der Waals surface area contributed by atoms with E-state index in [0.29, 0.717) is 18.1 Å². The molecule has 1 aromatic carbocycles. The fourth-order valence-electron chi connectivity index (χ4n) is 2.24. The molecular formula is C17H23N3O5S. The Kier molecular flexibility index (Phi) is 7.16. The third-order valence-corrected chi connectivity index (χ3v) is 5.15. The lowest BCUT2D eigenvalue weighted by atomic mass is 10.2. The Labute approximate surface area is 153 Å². The van der Waals surface area contributed by atoms with E-state index < -0.39 is 22.0 Å². The Morgan fingerprint density at radius 3 is 2.62 bits per heavy atom. The number of aromatic amines is 1. The van der Waals surface area contributed by atoms with Crippen LogP contribution in [-0.2, 0) is 26.0 Å². The van der Waals surface area contributed by atoms with Gasteiger partial charge in [0.2, 0.25) is 10.0 Å². The maximum Gasteiger partial charge on any atom is 0.324 e. The second kappa shape index (κ2) is 9.35. The molecule has 0 aliphatic heterocycles. The van der Waals surface area contributed by atoms with Gasteiger partial charge in [-0.2, -0.15) is 4.72 Å². The van der Waals surface area contributed by atoms with Crippen LogP contribution in [-0.4, -0.2) is 44.1 Å². The van der Waals surface area contributed by atoms with Crippen LogP contribution >= 0.6 is 0 Å². The zero-order valence-electron chi connectivity index (χ0n) is 14.8. The Hall–Kier alpha value is -2.39. The Morgan fingerprint density at radius 1 is 1.31 bits per heavy atom. The molecule has 0 amide bonds. The Morgan fingerprint density at radius 2 is 2.04 bits per heavy atom. The van der Waals surface area contributed by atoms with Crippen molar-refractivity contribution in [3.63, 3.8) is 0 Å². The van der Waals surface area contributed by atoms with E-state index in [-0.39, 0.29) is 11.3 Å². The van der Waals surface area contributed by atoms with E-state index in [4.69, 9.17) is 9.47 Å². The van der Waals surface area contributed by atoms with Crippen LogP contribution in [0.4, 0.5) is 0 Å². The van der Waals surface area contributed by atoms with Crippen molar-refractivity contribution < 1.29 is 22.7 Å². The highest BCUT2D eigenvalue weighted by Gasteiger charge is 2.27. The second-order valence-corrected chi connectivity index (χ2v) is 7.37. The van der Waals surface area contributed by atoms with Gasteiger partial charge >= 0.3 is 5.97 Å². The van der Waals surface area contributed by atoms with Crippen molar-refractivity contribution in [2.45, 2.75) is 37.1 Å². The van der Waals surface area contributed by atoms with Gasteiger partial charge in [-0.3, -0.25) is 4.79 Å². The third-order valence-electron chi connectivity index (χ3n) is 3.66. The molecule has 0 saturated heterocycles. The maximum absolute atomic E-state index is 12.6. The average molecular weight is 381 g/mol. The van der Waals surface area contributed by atoms with Crippen LogP contribution in [0.5, 0.6) is 5.75 Å². The highest BCUT2D eigenvalue weighted by molar-refractivity contribution is 7.89. The number of carbonyl (C=O) groups excluding carboxylic acids is 1. The van der Waals surface area contributed by atoms with Gasteiger partial charge in [0, 0.05) is 18.3 Å². The Bertz CT molecular complexity index is 788. The highest BCUT2D eigenvalue weighted by atomic mass is 32.2. The molecule has 8 nitrogen and oxygen atoms in total. The fourth-order valence-corrected chi connectivity index (χ4v) is 3.42. The van der Waals surface area contributed by atoms with Crippen molar-refractivity contribution in [3.8, 4) is 5.75 Å². The number of ether oxygens (including phenoxy) is 2. The number of nitrogens with one attached hydrogen (secondary N) is 2. The molecule has 2 rings (SSSR count). The first-order valence-corrected chi connectivity index (χ1v) is 9.75. The van der Waals surface area contributed by atoms with Gasteiger partial charge in [-0.05, 0) is 30.7 Å². The van der Waals surface area contributed by atoms with E-state index in [9.17, 15) is 13.2 Å². The molecular weight excluding hydrogens is 358 g/mol. The van der Waals surface area contributed by atoms with Gasteiger partial charge in [0.1, 0.15) is 11.8 Å². The van der Waals surface area contributed by atoms with Crippen LogP contribution in [0.25, 0.3) is 0 Å². The molecule has 0 aliphatic rings. The summed E-state index contributed by atoms with van der Waals surface area (Å²) >= 11 is 0. The molecule has 9 heteroatoms. The molecule has 142 valence electrons. The van der Waals surface area contributed by atoms with Crippen molar-refractivity contribution in [2.75, 3.05) is 13.7 Å². The Balaban J connectivity index is 2.10. The van der Waals surface area contributed by atoms with Crippen LogP contribution in [0, 0.1) is 0 Å². The topological polar surface area (TPSA) is 110 Å². The quantitative estimate of drug-likeness (QED) is 0.478. The zero-order valence-corrected chi connectivity index (χ0v) is 15.6. The number of hydrogen-bond acceptors (Lipinski definition) is 6. The van der Waals surface area contributed by atoms with Crippen molar-refractivity contribution in [3.05, 3.63) is 42.5 Å². The predicted octanol–water partition coefficient (Wildman–Crippen LogP) is 1.65. The summed E-state index contributed by atoms with van der Waals surface area (Å²) in [6.07, 6.45) is 5.02. The molecule has 1 atom stereocenters. The first-order valence-electron chi connectivity index (χ1n) is 8.26. The minimum absolute atomic E-state index is 0.0406. The molecule has 1 heterocycles. The molecule has 2 aromatic rings. The number of H-pyrrole nitrogens is 1. The molecule has 0 saturated carbocycles. The van der Waals surface area contributed by atoms with Crippen molar-refractivity contribution >= 4 is 16.0 Å². The molecule has 0 unspecified atom stereocenters. The average Bonchev–Trinajstić information content (AvgIpc) is 3.14. The number of nitrogens with zero attached hydrogens (tertiary/aromatic N) is 1. The van der Waals surface area contributed by atoms with Crippen LogP contribution in [0.1, 0.15) is 25.5 Å². The molecule has 0 spiro atoms. The van der Waals surface area contributed by atoms with Gasteiger partial charge in [-0.1, -0.05) is 13.3 Å².